The molecule has 1 saturated carbocycles. The van der Waals surface area contributed by atoms with E-state index in [0.717, 1.165) is 22.6 Å². The minimum absolute atomic E-state index is 0.387. The van der Waals surface area contributed by atoms with E-state index in [0.29, 0.717) is 12.6 Å². The molecule has 3 heteroatoms. The van der Waals surface area contributed by atoms with Crippen LogP contribution in [0.25, 0.3) is 0 Å². The molecule has 1 aromatic rings. The van der Waals surface area contributed by atoms with Crippen LogP contribution in [0, 0.1) is 5.92 Å². The Hall–Kier alpha value is -0.540. The summed E-state index contributed by atoms with van der Waals surface area (Å²) in [5, 5.41) is 0. The van der Waals surface area contributed by atoms with Crippen LogP contribution in [0.4, 0.5) is 0 Å². The van der Waals surface area contributed by atoms with Gasteiger partial charge in [-0.1, -0.05) is 13.0 Å². The maximum Gasteiger partial charge on any atom is 0.133 e. The molecule has 0 aromatic heterocycles. The van der Waals surface area contributed by atoms with E-state index in [1.165, 1.54) is 31.2 Å². The van der Waals surface area contributed by atoms with E-state index in [9.17, 15) is 0 Å². The van der Waals surface area contributed by atoms with Crippen molar-refractivity contribution in [2.75, 3.05) is 6.54 Å². The lowest BCUT2D eigenvalue weighted by Crippen LogP contribution is -2.23. The smallest absolute Gasteiger partial charge is 0.133 e. The van der Waals surface area contributed by atoms with Crippen LogP contribution in [0.2, 0.25) is 0 Å². The number of halogens is 1. The van der Waals surface area contributed by atoms with Crippen LogP contribution in [0.3, 0.4) is 0 Å². The fourth-order valence-corrected chi connectivity index (χ4v) is 3.01. The van der Waals surface area contributed by atoms with Crippen LogP contribution in [0.5, 0.6) is 5.75 Å². The van der Waals surface area contributed by atoms with Crippen molar-refractivity contribution in [2.45, 2.75) is 45.1 Å². The van der Waals surface area contributed by atoms with Crippen molar-refractivity contribution in [1.29, 1.82) is 0 Å². The highest BCUT2D eigenvalue weighted by atomic mass is 79.9. The Morgan fingerprint density at radius 1 is 1.28 bits per heavy atom. The number of rotatable bonds is 4. The fourth-order valence-electron chi connectivity index (χ4n) is 2.49. The van der Waals surface area contributed by atoms with Crippen molar-refractivity contribution in [3.63, 3.8) is 0 Å². The quantitative estimate of drug-likeness (QED) is 0.915. The van der Waals surface area contributed by atoms with Crippen molar-refractivity contribution in [3.05, 3.63) is 28.2 Å². The third-order valence-corrected chi connectivity index (χ3v) is 4.31. The predicted molar refractivity (Wildman–Crippen MR) is 78.9 cm³/mol. The summed E-state index contributed by atoms with van der Waals surface area (Å²) in [5.74, 6) is 1.83. The van der Waals surface area contributed by atoms with Crippen LogP contribution in [-0.2, 0) is 6.42 Å². The van der Waals surface area contributed by atoms with E-state index in [4.69, 9.17) is 10.5 Å². The monoisotopic (exact) mass is 311 g/mol. The molecule has 1 aliphatic carbocycles. The minimum Gasteiger partial charge on any atom is -0.489 e. The van der Waals surface area contributed by atoms with Crippen molar-refractivity contribution in [2.24, 2.45) is 11.7 Å². The zero-order chi connectivity index (χ0) is 13.0. The van der Waals surface area contributed by atoms with E-state index in [-0.39, 0.29) is 0 Å². The van der Waals surface area contributed by atoms with Gasteiger partial charge < -0.3 is 10.5 Å². The molecule has 1 fully saturated rings. The van der Waals surface area contributed by atoms with Gasteiger partial charge in [0.15, 0.2) is 0 Å². The van der Waals surface area contributed by atoms with Crippen LogP contribution >= 0.6 is 15.9 Å². The van der Waals surface area contributed by atoms with Crippen molar-refractivity contribution in [1.82, 2.24) is 0 Å². The normalized spacial score (nSPS) is 23.9. The van der Waals surface area contributed by atoms with Gasteiger partial charge in [0.2, 0.25) is 0 Å². The van der Waals surface area contributed by atoms with Crippen molar-refractivity contribution >= 4 is 15.9 Å². The highest BCUT2D eigenvalue weighted by Crippen LogP contribution is 2.31. The van der Waals surface area contributed by atoms with Gasteiger partial charge in [-0.25, -0.2) is 0 Å². The first kappa shape index (κ1) is 13.9. The molecule has 1 aromatic carbocycles. The number of nitrogens with two attached hydrogens (primary N) is 1. The van der Waals surface area contributed by atoms with Crippen LogP contribution in [0.15, 0.2) is 22.7 Å². The molecule has 0 unspecified atom stereocenters. The second-order valence-corrected chi connectivity index (χ2v) is 6.16. The van der Waals surface area contributed by atoms with Crippen molar-refractivity contribution in [3.8, 4) is 5.75 Å². The summed E-state index contributed by atoms with van der Waals surface area (Å²) in [7, 11) is 0. The fraction of sp³-hybridized carbons (Fsp3) is 0.600. The molecule has 0 saturated heterocycles. The van der Waals surface area contributed by atoms with Crippen LogP contribution < -0.4 is 10.5 Å². The maximum atomic E-state index is 6.09. The van der Waals surface area contributed by atoms with Gasteiger partial charge in [-0.3, -0.25) is 0 Å². The summed E-state index contributed by atoms with van der Waals surface area (Å²) in [6.45, 7) is 3.01. The summed E-state index contributed by atoms with van der Waals surface area (Å²) in [5.41, 5.74) is 6.82. The number of ether oxygens (including phenoxy) is 1. The molecule has 1 aliphatic rings. The standard InChI is InChI=1S/C15H22BrNO/c1-11-2-5-13(6-3-11)18-15-7-4-12(8-9-17)10-14(15)16/h4,7,10-11,13H,2-3,5-6,8-9,17H2,1H3. The van der Waals surface area contributed by atoms with Crippen molar-refractivity contribution < 1.29 is 4.74 Å². The topological polar surface area (TPSA) is 35.2 Å². The largest absolute Gasteiger partial charge is 0.489 e. The van der Waals surface area contributed by atoms with Gasteiger partial charge in [0.05, 0.1) is 10.6 Å². The molecule has 2 N–H and O–H groups in total. The van der Waals surface area contributed by atoms with Crippen LogP contribution in [0.1, 0.15) is 38.2 Å². The molecule has 0 heterocycles. The number of hydrogen-bond donors (Lipinski definition) is 1. The predicted octanol–water partition coefficient (Wildman–Crippen LogP) is 3.91. The Kier molecular flexibility index (Phi) is 5.07. The summed E-state index contributed by atoms with van der Waals surface area (Å²) in [6.07, 6.45) is 6.23. The SMILES string of the molecule is CC1CCC(Oc2ccc(CCN)cc2Br)CC1. The van der Waals surface area contributed by atoms with E-state index in [1.807, 2.05) is 0 Å². The minimum atomic E-state index is 0.387. The van der Waals surface area contributed by atoms with E-state index in [1.54, 1.807) is 0 Å². The molecule has 0 bridgehead atoms. The molecule has 0 spiro atoms. The van der Waals surface area contributed by atoms with Gasteiger partial charge in [0.1, 0.15) is 5.75 Å². The lowest BCUT2D eigenvalue weighted by Gasteiger charge is -2.27. The molecule has 2 rings (SSSR count). The average molecular weight is 312 g/mol. The third kappa shape index (κ3) is 3.72. The summed E-state index contributed by atoms with van der Waals surface area (Å²) >= 11 is 3.59. The zero-order valence-corrected chi connectivity index (χ0v) is 12.6. The average Bonchev–Trinajstić information content (AvgIpc) is 2.36. The third-order valence-electron chi connectivity index (χ3n) is 3.69. The maximum absolute atomic E-state index is 6.09. The lowest BCUT2D eigenvalue weighted by molar-refractivity contribution is 0.134. The molecule has 2 nitrogen and oxygen atoms in total. The summed E-state index contributed by atoms with van der Waals surface area (Å²) in [6, 6.07) is 6.29. The Balaban J connectivity index is 1.96. The first-order valence-electron chi connectivity index (χ1n) is 6.84. The first-order valence-corrected chi connectivity index (χ1v) is 7.63. The molecule has 100 valence electrons. The number of benzene rings is 1. The molecule has 0 radical (unpaired) electrons. The highest BCUT2D eigenvalue weighted by molar-refractivity contribution is 9.10. The van der Waals surface area contributed by atoms with Gasteiger partial charge >= 0.3 is 0 Å². The van der Waals surface area contributed by atoms with Gasteiger partial charge in [-0.2, -0.15) is 0 Å². The van der Waals surface area contributed by atoms with E-state index < -0.39 is 0 Å². The second kappa shape index (κ2) is 6.58. The van der Waals surface area contributed by atoms with Gasteiger partial charge in [0, 0.05) is 0 Å². The van der Waals surface area contributed by atoms with Gasteiger partial charge in [-0.15, -0.1) is 0 Å². The molecular formula is C15H22BrNO. The Morgan fingerprint density at radius 2 is 2.00 bits per heavy atom. The Labute approximate surface area is 118 Å². The van der Waals surface area contributed by atoms with Gasteiger partial charge in [0.25, 0.3) is 0 Å². The highest BCUT2D eigenvalue weighted by Gasteiger charge is 2.20. The molecule has 18 heavy (non-hydrogen) atoms. The molecular weight excluding hydrogens is 290 g/mol. The second-order valence-electron chi connectivity index (χ2n) is 5.30. The van der Waals surface area contributed by atoms with Crippen LogP contribution in [-0.4, -0.2) is 12.6 Å². The summed E-state index contributed by atoms with van der Waals surface area (Å²) in [4.78, 5) is 0. The Morgan fingerprint density at radius 3 is 2.61 bits per heavy atom. The molecule has 0 aliphatic heterocycles. The molecule has 0 amide bonds. The number of hydrogen-bond acceptors (Lipinski definition) is 2. The summed E-state index contributed by atoms with van der Waals surface area (Å²) < 4.78 is 7.14. The first-order chi connectivity index (χ1) is 8.69. The molecule has 0 atom stereocenters. The lowest BCUT2D eigenvalue weighted by atomic mass is 9.89. The van der Waals surface area contributed by atoms with E-state index in [2.05, 4.69) is 41.1 Å². The van der Waals surface area contributed by atoms with Gasteiger partial charge in [-0.05, 0) is 78.2 Å². The van der Waals surface area contributed by atoms with E-state index >= 15 is 0 Å². The zero-order valence-electron chi connectivity index (χ0n) is 11.0. The Bertz CT molecular complexity index is 386.